The van der Waals surface area contributed by atoms with Gasteiger partial charge in [0.15, 0.2) is 0 Å². The van der Waals surface area contributed by atoms with Crippen molar-refractivity contribution < 1.29 is 4.74 Å². The van der Waals surface area contributed by atoms with Crippen LogP contribution in [0.2, 0.25) is 0 Å². The molecule has 0 saturated carbocycles. The van der Waals surface area contributed by atoms with Crippen molar-refractivity contribution in [2.75, 3.05) is 26.2 Å². The standard InChI is InChI=1S/C17H34N2O/c1-5-10-18-14(2)15-7-11-19(12-8-15)13-16-6-9-17(3,4)20-16/h14-16,18H,5-13H2,1-4H3. The van der Waals surface area contributed by atoms with Gasteiger partial charge in [0.1, 0.15) is 0 Å². The minimum absolute atomic E-state index is 0.113. The molecule has 0 amide bonds. The Morgan fingerprint density at radius 2 is 1.95 bits per heavy atom. The summed E-state index contributed by atoms with van der Waals surface area (Å²) < 4.78 is 6.12. The Labute approximate surface area is 125 Å². The van der Waals surface area contributed by atoms with Crippen molar-refractivity contribution in [2.24, 2.45) is 5.92 Å². The lowest BCUT2D eigenvalue weighted by Crippen LogP contribution is -2.44. The molecule has 2 atom stereocenters. The second-order valence-electron chi connectivity index (χ2n) is 7.42. The number of nitrogens with one attached hydrogen (secondary N) is 1. The molecule has 0 bridgehead atoms. The molecule has 0 spiro atoms. The van der Waals surface area contributed by atoms with Crippen LogP contribution in [0, 0.1) is 5.92 Å². The zero-order valence-corrected chi connectivity index (χ0v) is 14.0. The fourth-order valence-corrected chi connectivity index (χ4v) is 3.67. The van der Waals surface area contributed by atoms with E-state index in [0.29, 0.717) is 12.1 Å². The lowest BCUT2D eigenvalue weighted by Gasteiger charge is -2.36. The molecular formula is C17H34N2O. The third-order valence-electron chi connectivity index (χ3n) is 5.07. The van der Waals surface area contributed by atoms with Crippen molar-refractivity contribution in [1.29, 1.82) is 0 Å². The summed E-state index contributed by atoms with van der Waals surface area (Å²) in [5.74, 6) is 0.860. The molecule has 2 heterocycles. The van der Waals surface area contributed by atoms with E-state index in [1.807, 2.05) is 0 Å². The Morgan fingerprint density at radius 3 is 2.50 bits per heavy atom. The highest BCUT2D eigenvalue weighted by Gasteiger charge is 2.33. The van der Waals surface area contributed by atoms with Gasteiger partial charge in [0.2, 0.25) is 0 Å². The zero-order chi connectivity index (χ0) is 14.6. The lowest BCUT2D eigenvalue weighted by molar-refractivity contribution is -0.0324. The molecule has 0 aromatic heterocycles. The van der Waals surface area contributed by atoms with Crippen molar-refractivity contribution in [1.82, 2.24) is 10.2 Å². The number of piperidine rings is 1. The molecule has 2 aliphatic rings. The Balaban J connectivity index is 1.67. The molecule has 1 N–H and O–H groups in total. The van der Waals surface area contributed by atoms with Crippen LogP contribution >= 0.6 is 0 Å². The molecule has 118 valence electrons. The van der Waals surface area contributed by atoms with E-state index in [1.54, 1.807) is 0 Å². The number of hydrogen-bond acceptors (Lipinski definition) is 3. The Morgan fingerprint density at radius 1 is 1.25 bits per heavy atom. The first-order valence-corrected chi connectivity index (χ1v) is 8.64. The Hall–Kier alpha value is -0.120. The monoisotopic (exact) mass is 282 g/mol. The normalized spacial score (nSPS) is 29.7. The van der Waals surface area contributed by atoms with Crippen molar-refractivity contribution in [3.63, 3.8) is 0 Å². The summed E-state index contributed by atoms with van der Waals surface area (Å²) in [6, 6.07) is 0.679. The Kier molecular flexibility index (Phi) is 5.88. The third-order valence-corrected chi connectivity index (χ3v) is 5.07. The quantitative estimate of drug-likeness (QED) is 0.810. The van der Waals surface area contributed by atoms with Gasteiger partial charge in [0.05, 0.1) is 11.7 Å². The number of likely N-dealkylation sites (tertiary alicyclic amines) is 1. The number of rotatable bonds is 6. The largest absolute Gasteiger partial charge is 0.371 e. The van der Waals surface area contributed by atoms with Crippen LogP contribution in [0.4, 0.5) is 0 Å². The highest BCUT2D eigenvalue weighted by Crippen LogP contribution is 2.30. The number of ether oxygens (including phenoxy) is 1. The summed E-state index contributed by atoms with van der Waals surface area (Å²) in [7, 11) is 0. The molecule has 0 radical (unpaired) electrons. The third kappa shape index (κ3) is 4.71. The first kappa shape index (κ1) is 16.3. The van der Waals surface area contributed by atoms with Gasteiger partial charge in [-0.25, -0.2) is 0 Å². The Bertz CT molecular complexity index is 285. The molecule has 2 unspecified atom stereocenters. The fraction of sp³-hybridized carbons (Fsp3) is 1.00. The van der Waals surface area contributed by atoms with Gasteiger partial charge in [-0.1, -0.05) is 6.92 Å². The second-order valence-corrected chi connectivity index (χ2v) is 7.42. The fourth-order valence-electron chi connectivity index (χ4n) is 3.67. The maximum absolute atomic E-state index is 6.12. The van der Waals surface area contributed by atoms with Gasteiger partial charge < -0.3 is 15.0 Å². The highest BCUT2D eigenvalue weighted by molar-refractivity contribution is 4.85. The average molecular weight is 282 g/mol. The smallest absolute Gasteiger partial charge is 0.0710 e. The SMILES string of the molecule is CCCNC(C)C1CCN(CC2CCC(C)(C)O2)CC1. The van der Waals surface area contributed by atoms with Crippen LogP contribution in [-0.2, 0) is 4.74 Å². The summed E-state index contributed by atoms with van der Waals surface area (Å²) >= 11 is 0. The van der Waals surface area contributed by atoms with Crippen LogP contribution in [-0.4, -0.2) is 48.8 Å². The molecule has 20 heavy (non-hydrogen) atoms. The summed E-state index contributed by atoms with van der Waals surface area (Å²) in [6.07, 6.45) is 6.84. The predicted octanol–water partition coefficient (Wildman–Crippen LogP) is 3.04. The van der Waals surface area contributed by atoms with E-state index in [0.717, 1.165) is 19.0 Å². The van der Waals surface area contributed by atoms with Gasteiger partial charge in [-0.3, -0.25) is 0 Å². The van der Waals surface area contributed by atoms with Gasteiger partial charge in [0.25, 0.3) is 0 Å². The highest BCUT2D eigenvalue weighted by atomic mass is 16.5. The minimum atomic E-state index is 0.113. The summed E-state index contributed by atoms with van der Waals surface area (Å²) in [5, 5.41) is 3.66. The van der Waals surface area contributed by atoms with Gasteiger partial charge in [-0.15, -0.1) is 0 Å². The molecule has 2 saturated heterocycles. The zero-order valence-electron chi connectivity index (χ0n) is 14.0. The van der Waals surface area contributed by atoms with Gasteiger partial charge >= 0.3 is 0 Å². The van der Waals surface area contributed by atoms with Crippen LogP contribution in [0.25, 0.3) is 0 Å². The number of nitrogens with zero attached hydrogens (tertiary/aromatic N) is 1. The van der Waals surface area contributed by atoms with E-state index >= 15 is 0 Å². The van der Waals surface area contributed by atoms with Crippen LogP contribution in [0.3, 0.4) is 0 Å². The molecule has 3 heteroatoms. The first-order valence-electron chi connectivity index (χ1n) is 8.64. The maximum Gasteiger partial charge on any atom is 0.0710 e. The van der Waals surface area contributed by atoms with Crippen LogP contribution in [0.5, 0.6) is 0 Å². The van der Waals surface area contributed by atoms with E-state index in [4.69, 9.17) is 4.74 Å². The maximum atomic E-state index is 6.12. The molecule has 2 rings (SSSR count). The van der Waals surface area contributed by atoms with Gasteiger partial charge in [-0.2, -0.15) is 0 Å². The minimum Gasteiger partial charge on any atom is -0.371 e. The van der Waals surface area contributed by atoms with E-state index in [-0.39, 0.29) is 5.60 Å². The van der Waals surface area contributed by atoms with Crippen LogP contribution in [0.1, 0.15) is 59.8 Å². The molecular weight excluding hydrogens is 248 g/mol. The van der Waals surface area contributed by atoms with E-state index in [1.165, 1.54) is 45.2 Å². The van der Waals surface area contributed by atoms with Crippen molar-refractivity contribution in [3.05, 3.63) is 0 Å². The molecule has 0 aromatic rings. The molecule has 0 aliphatic carbocycles. The molecule has 0 aromatic carbocycles. The molecule has 2 aliphatic heterocycles. The first-order chi connectivity index (χ1) is 9.50. The van der Waals surface area contributed by atoms with Crippen molar-refractivity contribution in [2.45, 2.75) is 77.5 Å². The van der Waals surface area contributed by atoms with E-state index in [9.17, 15) is 0 Å². The number of hydrogen-bond donors (Lipinski definition) is 1. The van der Waals surface area contributed by atoms with Gasteiger partial charge in [0, 0.05) is 12.6 Å². The van der Waals surface area contributed by atoms with Crippen molar-refractivity contribution >= 4 is 0 Å². The van der Waals surface area contributed by atoms with Crippen LogP contribution in [0.15, 0.2) is 0 Å². The summed E-state index contributed by atoms with van der Waals surface area (Å²) in [5.41, 5.74) is 0.113. The van der Waals surface area contributed by atoms with Crippen molar-refractivity contribution in [3.8, 4) is 0 Å². The lowest BCUT2D eigenvalue weighted by atomic mass is 9.90. The van der Waals surface area contributed by atoms with E-state index < -0.39 is 0 Å². The second kappa shape index (κ2) is 7.24. The summed E-state index contributed by atoms with van der Waals surface area (Å²) in [6.45, 7) is 13.9. The van der Waals surface area contributed by atoms with E-state index in [2.05, 4.69) is 37.9 Å². The topological polar surface area (TPSA) is 24.5 Å². The average Bonchev–Trinajstić information content (AvgIpc) is 2.76. The van der Waals surface area contributed by atoms with Gasteiger partial charge in [-0.05, 0) is 78.4 Å². The molecule has 3 nitrogen and oxygen atoms in total. The van der Waals surface area contributed by atoms with Crippen LogP contribution < -0.4 is 5.32 Å². The summed E-state index contributed by atoms with van der Waals surface area (Å²) in [4.78, 5) is 2.62. The molecule has 2 fully saturated rings. The predicted molar refractivity (Wildman–Crippen MR) is 85.1 cm³/mol.